The number of pyridine rings is 1. The molecule has 0 fully saturated rings. The van der Waals surface area contributed by atoms with Crippen molar-refractivity contribution in [2.24, 2.45) is 0 Å². The molecule has 1 aliphatic rings. The van der Waals surface area contributed by atoms with Gasteiger partial charge in [0.05, 0.1) is 11.3 Å². The molecule has 0 atom stereocenters. The Bertz CT molecular complexity index is 1110. The highest BCUT2D eigenvalue weighted by atomic mass is 32.2. The molecule has 0 saturated heterocycles. The Morgan fingerprint density at radius 3 is 2.68 bits per heavy atom. The molecule has 2 heterocycles. The SMILES string of the molecule is Cc1ccc(C(=O)Nc2ccc3c(c2)Sc2ncccc2C(=O)N3C)cc1C. The van der Waals surface area contributed by atoms with E-state index in [1.165, 1.54) is 11.8 Å². The van der Waals surface area contributed by atoms with E-state index in [1.54, 1.807) is 30.3 Å². The van der Waals surface area contributed by atoms with Gasteiger partial charge in [-0.2, -0.15) is 0 Å². The largest absolute Gasteiger partial charge is 0.322 e. The van der Waals surface area contributed by atoms with Gasteiger partial charge in [-0.3, -0.25) is 9.59 Å². The van der Waals surface area contributed by atoms with E-state index in [1.807, 2.05) is 50.2 Å². The lowest BCUT2D eigenvalue weighted by atomic mass is 10.1. The van der Waals surface area contributed by atoms with Crippen molar-refractivity contribution in [2.75, 3.05) is 17.3 Å². The summed E-state index contributed by atoms with van der Waals surface area (Å²) in [6, 6.07) is 14.7. The second-order valence-electron chi connectivity index (χ2n) is 6.76. The van der Waals surface area contributed by atoms with Crippen LogP contribution in [0, 0.1) is 13.8 Å². The zero-order chi connectivity index (χ0) is 19.8. The Balaban J connectivity index is 1.66. The predicted octanol–water partition coefficient (Wildman–Crippen LogP) is 4.69. The molecule has 1 N–H and O–H groups in total. The first-order valence-electron chi connectivity index (χ1n) is 8.87. The third-order valence-electron chi connectivity index (χ3n) is 4.86. The average Bonchev–Trinajstić information content (AvgIpc) is 2.79. The van der Waals surface area contributed by atoms with Crippen molar-refractivity contribution >= 4 is 35.0 Å². The summed E-state index contributed by atoms with van der Waals surface area (Å²) < 4.78 is 0. The molecular formula is C22H19N3O2S. The topological polar surface area (TPSA) is 62.3 Å². The van der Waals surface area contributed by atoms with Crippen LogP contribution >= 0.6 is 11.8 Å². The fourth-order valence-electron chi connectivity index (χ4n) is 3.07. The minimum Gasteiger partial charge on any atom is -0.322 e. The number of carbonyl (C=O) groups excluding carboxylic acids is 2. The van der Waals surface area contributed by atoms with Gasteiger partial charge in [-0.25, -0.2) is 4.98 Å². The van der Waals surface area contributed by atoms with Crippen molar-refractivity contribution in [2.45, 2.75) is 23.8 Å². The van der Waals surface area contributed by atoms with E-state index in [0.29, 0.717) is 21.8 Å². The maximum absolute atomic E-state index is 12.7. The lowest BCUT2D eigenvalue weighted by Gasteiger charge is -2.18. The normalized spacial score (nSPS) is 12.8. The van der Waals surface area contributed by atoms with E-state index in [-0.39, 0.29) is 11.8 Å². The van der Waals surface area contributed by atoms with Gasteiger partial charge >= 0.3 is 0 Å². The van der Waals surface area contributed by atoms with Crippen molar-refractivity contribution in [3.63, 3.8) is 0 Å². The minimum absolute atomic E-state index is 0.0960. The predicted molar refractivity (Wildman–Crippen MR) is 111 cm³/mol. The molecular weight excluding hydrogens is 370 g/mol. The van der Waals surface area contributed by atoms with E-state index in [4.69, 9.17) is 0 Å². The van der Waals surface area contributed by atoms with Crippen LogP contribution in [0.25, 0.3) is 0 Å². The molecule has 1 aliphatic heterocycles. The molecule has 2 amide bonds. The number of aromatic nitrogens is 1. The molecule has 0 bridgehead atoms. The Hall–Kier alpha value is -3.12. The summed E-state index contributed by atoms with van der Waals surface area (Å²) in [6.07, 6.45) is 1.68. The van der Waals surface area contributed by atoms with E-state index in [9.17, 15) is 9.59 Å². The molecule has 0 unspecified atom stereocenters. The summed E-state index contributed by atoms with van der Waals surface area (Å²) in [7, 11) is 1.75. The van der Waals surface area contributed by atoms with Crippen LogP contribution in [0.2, 0.25) is 0 Å². The first-order chi connectivity index (χ1) is 13.4. The first kappa shape index (κ1) is 18.3. The molecule has 0 aliphatic carbocycles. The maximum Gasteiger partial charge on any atom is 0.260 e. The van der Waals surface area contributed by atoms with Gasteiger partial charge in [0.15, 0.2) is 0 Å². The molecule has 1 aromatic heterocycles. The number of benzene rings is 2. The number of amides is 2. The second kappa shape index (κ2) is 7.13. The highest BCUT2D eigenvalue weighted by molar-refractivity contribution is 7.99. The van der Waals surface area contributed by atoms with Crippen LogP contribution in [-0.2, 0) is 0 Å². The quantitative estimate of drug-likeness (QED) is 0.691. The Morgan fingerprint density at radius 2 is 1.89 bits per heavy atom. The molecule has 4 rings (SSSR count). The number of rotatable bonds is 2. The molecule has 0 saturated carbocycles. The molecule has 0 radical (unpaired) electrons. The second-order valence-corrected chi connectivity index (χ2v) is 7.79. The van der Waals surface area contributed by atoms with Gasteiger partial charge in [-0.05, 0) is 67.4 Å². The highest BCUT2D eigenvalue weighted by Crippen LogP contribution is 2.41. The van der Waals surface area contributed by atoms with Gasteiger partial charge in [0.1, 0.15) is 5.03 Å². The van der Waals surface area contributed by atoms with Crippen LogP contribution in [0.4, 0.5) is 11.4 Å². The van der Waals surface area contributed by atoms with Crippen LogP contribution in [-0.4, -0.2) is 23.8 Å². The summed E-state index contributed by atoms with van der Waals surface area (Å²) in [5.74, 6) is -0.258. The van der Waals surface area contributed by atoms with E-state index in [2.05, 4.69) is 10.3 Å². The Labute approximate surface area is 167 Å². The number of nitrogens with zero attached hydrogens (tertiary/aromatic N) is 2. The van der Waals surface area contributed by atoms with Gasteiger partial charge in [-0.1, -0.05) is 17.8 Å². The summed E-state index contributed by atoms with van der Waals surface area (Å²) >= 11 is 1.43. The van der Waals surface area contributed by atoms with E-state index < -0.39 is 0 Å². The van der Waals surface area contributed by atoms with E-state index in [0.717, 1.165) is 21.7 Å². The zero-order valence-corrected chi connectivity index (χ0v) is 16.6. The lowest BCUT2D eigenvalue weighted by molar-refractivity contribution is 0.0987. The molecule has 2 aromatic carbocycles. The summed E-state index contributed by atoms with van der Waals surface area (Å²) in [5, 5.41) is 3.61. The van der Waals surface area contributed by atoms with Gasteiger partial charge in [-0.15, -0.1) is 0 Å². The summed E-state index contributed by atoms with van der Waals surface area (Å²) in [5.41, 5.74) is 4.88. The summed E-state index contributed by atoms with van der Waals surface area (Å²) in [6.45, 7) is 4.01. The third-order valence-corrected chi connectivity index (χ3v) is 5.93. The van der Waals surface area contributed by atoms with E-state index >= 15 is 0 Å². The minimum atomic E-state index is -0.162. The number of carbonyl (C=O) groups is 2. The molecule has 28 heavy (non-hydrogen) atoms. The number of fused-ring (bicyclic) bond motifs is 2. The van der Waals surface area contributed by atoms with Crippen LogP contribution in [0.1, 0.15) is 31.8 Å². The van der Waals surface area contributed by atoms with Crippen LogP contribution in [0.5, 0.6) is 0 Å². The highest BCUT2D eigenvalue weighted by Gasteiger charge is 2.25. The summed E-state index contributed by atoms with van der Waals surface area (Å²) in [4.78, 5) is 32.2. The molecule has 140 valence electrons. The maximum atomic E-state index is 12.7. The number of hydrogen-bond acceptors (Lipinski definition) is 4. The van der Waals surface area contributed by atoms with Crippen LogP contribution < -0.4 is 10.2 Å². The van der Waals surface area contributed by atoms with Crippen molar-refractivity contribution in [3.8, 4) is 0 Å². The fraction of sp³-hybridized carbons (Fsp3) is 0.136. The van der Waals surface area contributed by atoms with Crippen molar-refractivity contribution < 1.29 is 9.59 Å². The standard InChI is InChI=1S/C22H19N3O2S/c1-13-6-7-15(11-14(13)2)20(26)24-16-8-9-18-19(12-16)28-21-17(5-4-10-23-21)22(27)25(18)3/h4-12H,1-3H3,(H,24,26). The Morgan fingerprint density at radius 1 is 1.07 bits per heavy atom. The van der Waals surface area contributed by atoms with Gasteiger partial charge < -0.3 is 10.2 Å². The molecule has 0 spiro atoms. The lowest BCUT2D eigenvalue weighted by Crippen LogP contribution is -2.26. The van der Waals surface area contributed by atoms with Gasteiger partial charge in [0, 0.05) is 29.4 Å². The van der Waals surface area contributed by atoms with Crippen molar-refractivity contribution in [1.82, 2.24) is 4.98 Å². The third kappa shape index (κ3) is 3.27. The number of hydrogen-bond donors (Lipinski definition) is 1. The molecule has 5 nitrogen and oxygen atoms in total. The van der Waals surface area contributed by atoms with Gasteiger partial charge in [0.2, 0.25) is 0 Å². The van der Waals surface area contributed by atoms with Crippen molar-refractivity contribution in [3.05, 3.63) is 77.0 Å². The van der Waals surface area contributed by atoms with Crippen LogP contribution in [0.15, 0.2) is 64.6 Å². The molecule has 6 heteroatoms. The number of aryl methyl sites for hydroxylation is 2. The smallest absolute Gasteiger partial charge is 0.260 e. The Kier molecular flexibility index (Phi) is 4.65. The fourth-order valence-corrected chi connectivity index (χ4v) is 4.15. The van der Waals surface area contributed by atoms with Gasteiger partial charge in [0.25, 0.3) is 11.8 Å². The van der Waals surface area contributed by atoms with Crippen LogP contribution in [0.3, 0.4) is 0 Å². The average molecular weight is 389 g/mol. The zero-order valence-electron chi connectivity index (χ0n) is 15.8. The molecule has 3 aromatic rings. The monoisotopic (exact) mass is 389 g/mol. The number of anilines is 2. The van der Waals surface area contributed by atoms with Crippen molar-refractivity contribution in [1.29, 1.82) is 0 Å². The number of nitrogens with one attached hydrogen (secondary N) is 1. The first-order valence-corrected chi connectivity index (χ1v) is 9.69.